The summed E-state index contributed by atoms with van der Waals surface area (Å²) in [6.07, 6.45) is 1.22. The number of nitrogens with zero attached hydrogens (tertiary/aromatic N) is 1. The minimum absolute atomic E-state index is 0.00536. The molecule has 1 heterocycles. The van der Waals surface area contributed by atoms with Crippen molar-refractivity contribution in [2.45, 2.75) is 4.90 Å². The van der Waals surface area contributed by atoms with Gasteiger partial charge in [-0.3, -0.25) is 4.79 Å². The van der Waals surface area contributed by atoms with Gasteiger partial charge in [-0.25, -0.2) is 13.0 Å². The van der Waals surface area contributed by atoms with Crippen LogP contribution in [0.4, 0.5) is 0 Å². The van der Waals surface area contributed by atoms with Gasteiger partial charge in [0.25, 0.3) is 10.0 Å². The lowest BCUT2D eigenvalue weighted by Gasteiger charge is -2.22. The first kappa shape index (κ1) is 13.7. The minimum atomic E-state index is -3.86. The van der Waals surface area contributed by atoms with Crippen LogP contribution in [0.25, 0.3) is 10.9 Å². The molecule has 0 aliphatic rings. The van der Waals surface area contributed by atoms with Crippen LogP contribution in [0.2, 0.25) is 0 Å². The van der Waals surface area contributed by atoms with Crippen LogP contribution in [0.3, 0.4) is 0 Å². The molecule has 0 fully saturated rings. The SMILES string of the molecule is C[N+](C)(C)NS(=O)(=O)c1c[nH]c2ccccc2c1=O. The first-order valence-electron chi connectivity index (χ1n) is 5.67. The summed E-state index contributed by atoms with van der Waals surface area (Å²) < 4.78 is 24.3. The number of fused-ring (bicyclic) bond motifs is 1. The van der Waals surface area contributed by atoms with E-state index in [1.807, 2.05) is 0 Å². The summed E-state index contributed by atoms with van der Waals surface area (Å²) in [5.74, 6) is 0. The number of H-pyrrole nitrogens is 1. The van der Waals surface area contributed by atoms with Crippen molar-refractivity contribution in [1.82, 2.24) is 9.82 Å². The highest BCUT2D eigenvalue weighted by Gasteiger charge is 2.25. The van der Waals surface area contributed by atoms with Gasteiger partial charge in [-0.15, -0.1) is 0 Å². The number of sulfonamides is 1. The average Bonchev–Trinajstić information content (AvgIpc) is 2.26. The Balaban J connectivity index is 2.65. The van der Waals surface area contributed by atoms with E-state index in [9.17, 15) is 13.2 Å². The van der Waals surface area contributed by atoms with Crippen LogP contribution in [0.1, 0.15) is 0 Å². The van der Waals surface area contributed by atoms with E-state index in [4.69, 9.17) is 0 Å². The highest BCUT2D eigenvalue weighted by Crippen LogP contribution is 2.10. The van der Waals surface area contributed by atoms with E-state index in [1.54, 1.807) is 45.4 Å². The second-order valence-corrected chi connectivity index (χ2v) is 6.76. The second-order valence-electron chi connectivity index (χ2n) is 5.13. The average molecular weight is 282 g/mol. The molecule has 0 saturated carbocycles. The zero-order chi connectivity index (χ0) is 14.3. The van der Waals surface area contributed by atoms with Gasteiger partial charge in [0.05, 0.1) is 21.1 Å². The normalized spacial score (nSPS) is 12.8. The molecule has 6 nitrogen and oxygen atoms in total. The highest BCUT2D eigenvalue weighted by molar-refractivity contribution is 7.89. The van der Waals surface area contributed by atoms with Gasteiger partial charge in [0.2, 0.25) is 5.43 Å². The molecule has 0 atom stereocenters. The smallest absolute Gasteiger partial charge is 0.287 e. The third-order valence-corrected chi connectivity index (χ3v) is 4.11. The fourth-order valence-corrected chi connectivity index (χ4v) is 3.15. The van der Waals surface area contributed by atoms with Gasteiger partial charge in [-0.2, -0.15) is 0 Å². The van der Waals surface area contributed by atoms with E-state index in [-0.39, 0.29) is 9.49 Å². The van der Waals surface area contributed by atoms with Crippen LogP contribution in [-0.4, -0.2) is 39.1 Å². The number of aromatic nitrogens is 1. The summed E-state index contributed by atoms with van der Waals surface area (Å²) in [4.78, 5) is 17.2. The third kappa shape index (κ3) is 2.83. The number of hydrogen-bond acceptors (Lipinski definition) is 3. The molecule has 2 aromatic rings. The Hall–Kier alpha value is -1.70. The zero-order valence-corrected chi connectivity index (χ0v) is 11.8. The molecule has 2 N–H and O–H groups in total. The van der Waals surface area contributed by atoms with Crippen molar-refractivity contribution >= 4 is 20.9 Å². The Kier molecular flexibility index (Phi) is 3.21. The van der Waals surface area contributed by atoms with E-state index < -0.39 is 15.5 Å². The van der Waals surface area contributed by atoms with Crippen LogP contribution < -0.4 is 10.3 Å². The fraction of sp³-hybridized carbons (Fsp3) is 0.250. The zero-order valence-electron chi connectivity index (χ0n) is 11.0. The van der Waals surface area contributed by atoms with Crippen molar-refractivity contribution in [3.8, 4) is 0 Å². The number of hydrogen-bond donors (Lipinski definition) is 2. The molecule has 0 spiro atoms. The number of aromatic amines is 1. The quantitative estimate of drug-likeness (QED) is 0.633. The molecular weight excluding hydrogens is 266 g/mol. The molecule has 0 saturated heterocycles. The van der Waals surface area contributed by atoms with Crippen molar-refractivity contribution in [1.29, 1.82) is 0 Å². The van der Waals surface area contributed by atoms with E-state index >= 15 is 0 Å². The predicted octanol–water partition coefficient (Wildman–Crippen LogP) is 0.428. The van der Waals surface area contributed by atoms with Gasteiger partial charge < -0.3 is 4.98 Å². The maximum absolute atomic E-state index is 12.2. The van der Waals surface area contributed by atoms with Crippen molar-refractivity contribution in [3.05, 3.63) is 40.7 Å². The summed E-state index contributed by atoms with van der Waals surface area (Å²) >= 11 is 0. The lowest BCUT2D eigenvalue weighted by molar-refractivity contribution is -0.900. The molecule has 19 heavy (non-hydrogen) atoms. The van der Waals surface area contributed by atoms with E-state index in [0.717, 1.165) is 0 Å². The molecule has 0 amide bonds. The topological polar surface area (TPSA) is 79.0 Å². The van der Waals surface area contributed by atoms with Crippen LogP contribution in [0.5, 0.6) is 0 Å². The lowest BCUT2D eigenvalue weighted by Crippen LogP contribution is -2.51. The molecule has 2 rings (SSSR count). The highest BCUT2D eigenvalue weighted by atomic mass is 32.2. The van der Waals surface area contributed by atoms with Gasteiger partial charge >= 0.3 is 0 Å². The maximum Gasteiger partial charge on any atom is 0.287 e. The Morgan fingerprint density at radius 3 is 2.42 bits per heavy atom. The summed E-state index contributed by atoms with van der Waals surface area (Å²) in [5, 5.41) is 0.354. The first-order chi connectivity index (χ1) is 8.71. The molecular formula is C12H16N3O3S+. The third-order valence-electron chi connectivity index (χ3n) is 2.44. The Bertz CT molecular complexity index is 773. The summed E-state index contributed by atoms with van der Waals surface area (Å²) in [6.45, 7) is 0. The van der Waals surface area contributed by atoms with Crippen LogP contribution >= 0.6 is 0 Å². The summed E-state index contributed by atoms with van der Waals surface area (Å²) in [5.41, 5.74) is 0.104. The van der Waals surface area contributed by atoms with E-state index in [2.05, 4.69) is 9.82 Å². The van der Waals surface area contributed by atoms with Gasteiger partial charge in [-0.05, 0) is 12.1 Å². The van der Waals surface area contributed by atoms with Crippen LogP contribution in [0, 0.1) is 0 Å². The maximum atomic E-state index is 12.2. The van der Waals surface area contributed by atoms with E-state index in [0.29, 0.717) is 10.9 Å². The number of nitrogens with one attached hydrogen (secondary N) is 2. The molecule has 1 aromatic heterocycles. The molecule has 0 bridgehead atoms. The largest absolute Gasteiger partial charge is 0.360 e. The number of pyridine rings is 1. The monoisotopic (exact) mass is 282 g/mol. The minimum Gasteiger partial charge on any atom is -0.360 e. The summed E-state index contributed by atoms with van der Waals surface area (Å²) in [7, 11) is 1.12. The number of para-hydroxylation sites is 1. The van der Waals surface area contributed by atoms with Crippen molar-refractivity contribution in [2.24, 2.45) is 0 Å². The summed E-state index contributed by atoms with van der Waals surface area (Å²) in [6, 6.07) is 6.79. The number of quaternary nitrogens is 1. The Morgan fingerprint density at radius 1 is 1.16 bits per heavy atom. The van der Waals surface area contributed by atoms with Gasteiger partial charge in [-0.1, -0.05) is 17.0 Å². The fourth-order valence-electron chi connectivity index (χ4n) is 1.76. The van der Waals surface area contributed by atoms with Crippen LogP contribution in [0.15, 0.2) is 40.2 Å². The predicted molar refractivity (Wildman–Crippen MR) is 72.9 cm³/mol. The second kappa shape index (κ2) is 4.44. The molecule has 7 heteroatoms. The van der Waals surface area contributed by atoms with Crippen molar-refractivity contribution in [3.63, 3.8) is 0 Å². The van der Waals surface area contributed by atoms with Crippen LogP contribution in [-0.2, 0) is 10.0 Å². The van der Waals surface area contributed by atoms with Gasteiger partial charge in [0.15, 0.2) is 4.90 Å². The first-order valence-corrected chi connectivity index (χ1v) is 7.15. The molecule has 0 aliphatic carbocycles. The molecule has 0 aliphatic heterocycles. The van der Waals surface area contributed by atoms with Gasteiger partial charge in [0.1, 0.15) is 0 Å². The van der Waals surface area contributed by atoms with Crippen molar-refractivity contribution < 1.29 is 13.0 Å². The van der Waals surface area contributed by atoms with Crippen molar-refractivity contribution in [2.75, 3.05) is 21.1 Å². The molecule has 0 radical (unpaired) electrons. The number of rotatable bonds is 3. The van der Waals surface area contributed by atoms with E-state index in [1.165, 1.54) is 6.20 Å². The lowest BCUT2D eigenvalue weighted by atomic mass is 10.2. The Morgan fingerprint density at radius 2 is 1.79 bits per heavy atom. The Labute approximate surface area is 111 Å². The molecule has 1 aromatic carbocycles. The molecule has 102 valence electrons. The molecule has 0 unspecified atom stereocenters. The number of benzene rings is 1. The standard InChI is InChI=1S/C12H15N3O3S/c1-15(2,3)14-19(17,18)11-8-13-10-7-5-4-6-9(10)12(11)16/h4-8,14H,1-3H3/p+1. The van der Waals surface area contributed by atoms with Gasteiger partial charge in [0, 0.05) is 17.1 Å².